The van der Waals surface area contributed by atoms with E-state index in [4.69, 9.17) is 0 Å². The Morgan fingerprint density at radius 1 is 1.42 bits per heavy atom. The molecule has 0 spiro atoms. The minimum Gasteiger partial charge on any atom is -0.257 e. The first-order valence-electron chi connectivity index (χ1n) is 3.78. The molecule has 0 unspecified atom stereocenters. The number of rotatable bonds is 0. The van der Waals surface area contributed by atoms with Gasteiger partial charge in [0.25, 0.3) is 0 Å². The zero-order valence-corrected chi connectivity index (χ0v) is 8.15. The average molecular weight is 177 g/mol. The standard InChI is InChI=1S/C10H11NS/c1-8-5-6-10(4-3-7-12)9(2)11-8/h5-6,12H,7H2,1-2H3. The largest absolute Gasteiger partial charge is 0.257 e. The summed E-state index contributed by atoms with van der Waals surface area (Å²) in [5.41, 5.74) is 3.02. The minimum atomic E-state index is 0.591. The summed E-state index contributed by atoms with van der Waals surface area (Å²) in [6.45, 7) is 3.94. The molecule has 0 fully saturated rings. The molecule has 2 heteroatoms. The van der Waals surface area contributed by atoms with Crippen LogP contribution in [0.3, 0.4) is 0 Å². The molecule has 1 nitrogen and oxygen atoms in total. The first-order chi connectivity index (χ1) is 5.74. The summed E-state index contributed by atoms with van der Waals surface area (Å²) in [5, 5.41) is 0. The van der Waals surface area contributed by atoms with Crippen LogP contribution in [-0.2, 0) is 0 Å². The van der Waals surface area contributed by atoms with Crippen LogP contribution in [0.25, 0.3) is 0 Å². The van der Waals surface area contributed by atoms with Gasteiger partial charge in [0.1, 0.15) is 0 Å². The van der Waals surface area contributed by atoms with E-state index < -0.39 is 0 Å². The van der Waals surface area contributed by atoms with Gasteiger partial charge in [-0.05, 0) is 26.0 Å². The number of aromatic nitrogens is 1. The van der Waals surface area contributed by atoms with Gasteiger partial charge in [0.15, 0.2) is 0 Å². The third-order valence-corrected chi connectivity index (χ3v) is 1.69. The van der Waals surface area contributed by atoms with E-state index >= 15 is 0 Å². The highest BCUT2D eigenvalue weighted by molar-refractivity contribution is 7.80. The van der Waals surface area contributed by atoms with Gasteiger partial charge < -0.3 is 0 Å². The summed E-state index contributed by atoms with van der Waals surface area (Å²) < 4.78 is 0. The van der Waals surface area contributed by atoms with Gasteiger partial charge >= 0.3 is 0 Å². The predicted octanol–water partition coefficient (Wildman–Crippen LogP) is 1.98. The fraction of sp³-hybridized carbons (Fsp3) is 0.300. The molecule has 0 aliphatic rings. The maximum Gasteiger partial charge on any atom is 0.0532 e. The molecular formula is C10H11NS. The molecule has 1 rings (SSSR count). The van der Waals surface area contributed by atoms with Crippen LogP contribution in [0.2, 0.25) is 0 Å². The van der Waals surface area contributed by atoms with E-state index in [1.54, 1.807) is 0 Å². The average Bonchev–Trinajstić information content (AvgIpc) is 2.03. The summed E-state index contributed by atoms with van der Waals surface area (Å²) >= 11 is 4.01. The van der Waals surface area contributed by atoms with Gasteiger partial charge in [-0.15, -0.1) is 0 Å². The molecule has 0 amide bonds. The Morgan fingerprint density at radius 2 is 2.17 bits per heavy atom. The molecule has 0 N–H and O–H groups in total. The summed E-state index contributed by atoms with van der Waals surface area (Å²) in [6.07, 6.45) is 0. The Morgan fingerprint density at radius 3 is 2.75 bits per heavy atom. The van der Waals surface area contributed by atoms with Crippen molar-refractivity contribution in [1.82, 2.24) is 4.98 Å². The zero-order valence-electron chi connectivity index (χ0n) is 7.26. The monoisotopic (exact) mass is 177 g/mol. The van der Waals surface area contributed by atoms with Crippen molar-refractivity contribution in [2.24, 2.45) is 0 Å². The highest BCUT2D eigenvalue weighted by Gasteiger charge is 1.94. The molecule has 0 saturated carbocycles. The normalized spacial score (nSPS) is 8.92. The van der Waals surface area contributed by atoms with Crippen LogP contribution >= 0.6 is 12.6 Å². The molecule has 62 valence electrons. The molecule has 1 aromatic heterocycles. The molecule has 0 saturated heterocycles. The van der Waals surface area contributed by atoms with Crippen LogP contribution in [0.1, 0.15) is 17.0 Å². The van der Waals surface area contributed by atoms with Crippen molar-refractivity contribution in [2.45, 2.75) is 13.8 Å². The predicted molar refractivity (Wildman–Crippen MR) is 54.4 cm³/mol. The second-order valence-electron chi connectivity index (χ2n) is 2.55. The van der Waals surface area contributed by atoms with Crippen molar-refractivity contribution < 1.29 is 0 Å². The Labute approximate surface area is 78.6 Å². The lowest BCUT2D eigenvalue weighted by Crippen LogP contribution is -1.89. The van der Waals surface area contributed by atoms with Gasteiger partial charge in [-0.2, -0.15) is 12.6 Å². The van der Waals surface area contributed by atoms with Crippen LogP contribution in [0.5, 0.6) is 0 Å². The van der Waals surface area contributed by atoms with Crippen LogP contribution in [0.15, 0.2) is 12.1 Å². The second-order valence-corrected chi connectivity index (χ2v) is 2.86. The lowest BCUT2D eigenvalue weighted by atomic mass is 10.2. The Kier molecular flexibility index (Phi) is 3.19. The van der Waals surface area contributed by atoms with Gasteiger partial charge in [0, 0.05) is 11.3 Å². The van der Waals surface area contributed by atoms with Crippen molar-refractivity contribution in [3.05, 3.63) is 29.1 Å². The third-order valence-electron chi connectivity index (χ3n) is 1.53. The lowest BCUT2D eigenvalue weighted by Gasteiger charge is -1.97. The topological polar surface area (TPSA) is 12.9 Å². The number of aryl methyl sites for hydroxylation is 2. The number of hydrogen-bond acceptors (Lipinski definition) is 2. The minimum absolute atomic E-state index is 0.591. The Balaban J connectivity index is 3.01. The van der Waals surface area contributed by atoms with Gasteiger partial charge in [0.05, 0.1) is 11.4 Å². The molecule has 0 aliphatic heterocycles. The first-order valence-corrected chi connectivity index (χ1v) is 4.41. The van der Waals surface area contributed by atoms with Crippen molar-refractivity contribution in [3.63, 3.8) is 0 Å². The summed E-state index contributed by atoms with van der Waals surface area (Å²) in [7, 11) is 0. The van der Waals surface area contributed by atoms with E-state index in [-0.39, 0.29) is 0 Å². The first kappa shape index (κ1) is 9.15. The van der Waals surface area contributed by atoms with Crippen LogP contribution in [0, 0.1) is 25.7 Å². The molecule has 0 aliphatic carbocycles. The Hall–Kier alpha value is -0.940. The van der Waals surface area contributed by atoms with Crippen molar-refractivity contribution in [2.75, 3.05) is 5.75 Å². The molecule has 12 heavy (non-hydrogen) atoms. The number of thiol groups is 1. The molecule has 1 heterocycles. The Bertz CT molecular complexity index is 333. The molecule has 1 aromatic rings. The van der Waals surface area contributed by atoms with Crippen LogP contribution < -0.4 is 0 Å². The number of hydrogen-bond donors (Lipinski definition) is 1. The lowest BCUT2D eigenvalue weighted by molar-refractivity contribution is 1.11. The van der Waals surface area contributed by atoms with Crippen molar-refractivity contribution in [1.29, 1.82) is 0 Å². The summed E-state index contributed by atoms with van der Waals surface area (Å²) in [4.78, 5) is 4.30. The van der Waals surface area contributed by atoms with Gasteiger partial charge in [-0.1, -0.05) is 11.8 Å². The van der Waals surface area contributed by atoms with E-state index in [1.165, 1.54) is 0 Å². The fourth-order valence-corrected chi connectivity index (χ4v) is 1.03. The third kappa shape index (κ3) is 2.28. The van der Waals surface area contributed by atoms with Gasteiger partial charge in [0.2, 0.25) is 0 Å². The SMILES string of the molecule is Cc1ccc(C#CCS)c(C)n1. The summed E-state index contributed by atoms with van der Waals surface area (Å²) in [6, 6.07) is 3.96. The highest BCUT2D eigenvalue weighted by Crippen LogP contribution is 2.03. The van der Waals surface area contributed by atoms with E-state index in [9.17, 15) is 0 Å². The molecule has 0 bridgehead atoms. The number of pyridine rings is 1. The molecule has 0 aromatic carbocycles. The van der Waals surface area contributed by atoms with E-state index in [2.05, 4.69) is 29.5 Å². The quantitative estimate of drug-likeness (QED) is 0.472. The van der Waals surface area contributed by atoms with Crippen molar-refractivity contribution >= 4 is 12.6 Å². The van der Waals surface area contributed by atoms with Gasteiger partial charge in [-0.3, -0.25) is 4.98 Å². The number of nitrogens with zero attached hydrogens (tertiary/aromatic N) is 1. The van der Waals surface area contributed by atoms with E-state index in [1.807, 2.05) is 26.0 Å². The van der Waals surface area contributed by atoms with Crippen LogP contribution in [0.4, 0.5) is 0 Å². The van der Waals surface area contributed by atoms with E-state index in [0.29, 0.717) is 5.75 Å². The smallest absolute Gasteiger partial charge is 0.0532 e. The van der Waals surface area contributed by atoms with Crippen molar-refractivity contribution in [3.8, 4) is 11.8 Å². The molecule has 0 atom stereocenters. The van der Waals surface area contributed by atoms with E-state index in [0.717, 1.165) is 17.0 Å². The fourth-order valence-electron chi connectivity index (χ4n) is 0.953. The zero-order chi connectivity index (χ0) is 8.97. The maximum atomic E-state index is 4.30. The molecule has 0 radical (unpaired) electrons. The summed E-state index contributed by atoms with van der Waals surface area (Å²) in [5.74, 6) is 6.49. The maximum absolute atomic E-state index is 4.30. The second kappa shape index (κ2) is 4.18. The van der Waals surface area contributed by atoms with Gasteiger partial charge in [-0.25, -0.2) is 0 Å². The van der Waals surface area contributed by atoms with Crippen LogP contribution in [-0.4, -0.2) is 10.7 Å². The molecular weight excluding hydrogens is 166 g/mol. The highest BCUT2D eigenvalue weighted by atomic mass is 32.1.